The highest BCUT2D eigenvalue weighted by atomic mass is 16.3. The van der Waals surface area contributed by atoms with Gasteiger partial charge in [-0.2, -0.15) is 0 Å². The monoisotopic (exact) mass is 197 g/mol. The van der Waals surface area contributed by atoms with Crippen molar-refractivity contribution in [2.75, 3.05) is 6.54 Å². The molecule has 0 unspecified atom stereocenters. The second kappa shape index (κ2) is 5.13. The van der Waals surface area contributed by atoms with Crippen LogP contribution < -0.4 is 5.32 Å². The Morgan fingerprint density at radius 3 is 2.36 bits per heavy atom. The van der Waals surface area contributed by atoms with Crippen LogP contribution in [-0.2, 0) is 0 Å². The SMILES string of the molecule is O[C@@H]1CCC[C@H]1NCC1CCCCC1. The second-order valence-corrected chi connectivity index (χ2v) is 5.02. The minimum atomic E-state index is -0.0707. The third-order valence-electron chi connectivity index (χ3n) is 3.87. The maximum absolute atomic E-state index is 9.66. The zero-order valence-corrected chi connectivity index (χ0v) is 9.04. The third kappa shape index (κ3) is 2.71. The lowest BCUT2D eigenvalue weighted by Crippen LogP contribution is -2.38. The Hall–Kier alpha value is -0.0800. The molecule has 0 bridgehead atoms. The summed E-state index contributed by atoms with van der Waals surface area (Å²) in [5.41, 5.74) is 0. The molecule has 2 rings (SSSR count). The van der Waals surface area contributed by atoms with Crippen molar-refractivity contribution in [1.29, 1.82) is 0 Å². The molecule has 2 nitrogen and oxygen atoms in total. The first kappa shape index (κ1) is 10.4. The van der Waals surface area contributed by atoms with Gasteiger partial charge >= 0.3 is 0 Å². The van der Waals surface area contributed by atoms with Gasteiger partial charge in [-0.05, 0) is 44.6 Å². The van der Waals surface area contributed by atoms with E-state index in [1.807, 2.05) is 0 Å². The fourth-order valence-electron chi connectivity index (χ4n) is 2.89. The van der Waals surface area contributed by atoms with Gasteiger partial charge in [-0.1, -0.05) is 19.3 Å². The molecule has 0 heterocycles. The number of aliphatic hydroxyl groups is 1. The molecular weight excluding hydrogens is 174 g/mol. The van der Waals surface area contributed by atoms with E-state index >= 15 is 0 Å². The molecule has 0 amide bonds. The molecule has 2 atom stereocenters. The van der Waals surface area contributed by atoms with E-state index in [2.05, 4.69) is 5.32 Å². The number of hydrogen-bond donors (Lipinski definition) is 2. The summed E-state index contributed by atoms with van der Waals surface area (Å²) in [5.74, 6) is 0.886. The van der Waals surface area contributed by atoms with Crippen LogP contribution in [0.4, 0.5) is 0 Å². The second-order valence-electron chi connectivity index (χ2n) is 5.02. The van der Waals surface area contributed by atoms with Crippen molar-refractivity contribution >= 4 is 0 Å². The summed E-state index contributed by atoms with van der Waals surface area (Å²) >= 11 is 0. The van der Waals surface area contributed by atoms with Crippen molar-refractivity contribution in [3.05, 3.63) is 0 Å². The molecule has 82 valence electrons. The molecular formula is C12H23NO. The van der Waals surface area contributed by atoms with Gasteiger partial charge in [0.05, 0.1) is 6.10 Å². The van der Waals surface area contributed by atoms with Crippen molar-refractivity contribution in [2.45, 2.75) is 63.5 Å². The first-order valence-corrected chi connectivity index (χ1v) is 6.28. The van der Waals surface area contributed by atoms with Gasteiger partial charge in [0.15, 0.2) is 0 Å². The molecule has 0 spiro atoms. The molecule has 0 aromatic rings. The van der Waals surface area contributed by atoms with Crippen LogP contribution in [0.5, 0.6) is 0 Å². The molecule has 0 aliphatic heterocycles. The normalized spacial score (nSPS) is 34.9. The Kier molecular flexibility index (Phi) is 3.82. The first-order chi connectivity index (χ1) is 6.86. The Bertz CT molecular complexity index is 166. The molecule has 2 aliphatic rings. The van der Waals surface area contributed by atoms with E-state index in [4.69, 9.17) is 0 Å². The first-order valence-electron chi connectivity index (χ1n) is 6.28. The number of rotatable bonds is 3. The van der Waals surface area contributed by atoms with Crippen LogP contribution in [0.25, 0.3) is 0 Å². The van der Waals surface area contributed by atoms with Crippen LogP contribution in [0, 0.1) is 5.92 Å². The summed E-state index contributed by atoms with van der Waals surface area (Å²) in [6, 6.07) is 0.400. The van der Waals surface area contributed by atoms with Gasteiger partial charge in [0.2, 0.25) is 0 Å². The minimum Gasteiger partial charge on any atom is -0.392 e. The minimum absolute atomic E-state index is 0.0707. The lowest BCUT2D eigenvalue weighted by molar-refractivity contribution is 0.145. The van der Waals surface area contributed by atoms with Crippen LogP contribution in [0.2, 0.25) is 0 Å². The lowest BCUT2D eigenvalue weighted by Gasteiger charge is -2.25. The van der Waals surface area contributed by atoms with E-state index in [1.165, 1.54) is 44.9 Å². The molecule has 2 N–H and O–H groups in total. The third-order valence-corrected chi connectivity index (χ3v) is 3.87. The van der Waals surface area contributed by atoms with Crippen molar-refractivity contribution in [1.82, 2.24) is 5.32 Å². The molecule has 0 radical (unpaired) electrons. The summed E-state index contributed by atoms with van der Waals surface area (Å²) in [7, 11) is 0. The molecule has 2 aliphatic carbocycles. The smallest absolute Gasteiger partial charge is 0.0693 e. The highest BCUT2D eigenvalue weighted by molar-refractivity contribution is 4.83. The fraction of sp³-hybridized carbons (Fsp3) is 1.00. The van der Waals surface area contributed by atoms with Gasteiger partial charge in [0.1, 0.15) is 0 Å². The van der Waals surface area contributed by atoms with Gasteiger partial charge in [-0.25, -0.2) is 0 Å². The predicted molar refractivity (Wildman–Crippen MR) is 58.2 cm³/mol. The molecule has 2 fully saturated rings. The largest absolute Gasteiger partial charge is 0.392 e. The zero-order chi connectivity index (χ0) is 9.80. The Morgan fingerprint density at radius 2 is 1.71 bits per heavy atom. The van der Waals surface area contributed by atoms with Crippen molar-refractivity contribution in [3.8, 4) is 0 Å². The van der Waals surface area contributed by atoms with Gasteiger partial charge in [0.25, 0.3) is 0 Å². The molecule has 0 aromatic carbocycles. The van der Waals surface area contributed by atoms with Crippen LogP contribution in [0.1, 0.15) is 51.4 Å². The van der Waals surface area contributed by atoms with Crippen molar-refractivity contribution in [2.24, 2.45) is 5.92 Å². The Balaban J connectivity index is 1.65. The van der Waals surface area contributed by atoms with Crippen molar-refractivity contribution < 1.29 is 5.11 Å². The highest BCUT2D eigenvalue weighted by Crippen LogP contribution is 2.24. The van der Waals surface area contributed by atoms with E-state index in [1.54, 1.807) is 0 Å². The number of hydrogen-bond acceptors (Lipinski definition) is 2. The Morgan fingerprint density at radius 1 is 0.929 bits per heavy atom. The Labute approximate surface area is 87.1 Å². The van der Waals surface area contributed by atoms with Crippen LogP contribution in [0.3, 0.4) is 0 Å². The zero-order valence-electron chi connectivity index (χ0n) is 9.04. The summed E-state index contributed by atoms with van der Waals surface area (Å²) in [6.45, 7) is 1.14. The van der Waals surface area contributed by atoms with Gasteiger partial charge < -0.3 is 10.4 Å². The standard InChI is InChI=1S/C12H23NO/c14-12-8-4-7-11(12)13-9-10-5-2-1-3-6-10/h10-14H,1-9H2/t11-,12-/m1/s1. The van der Waals surface area contributed by atoms with E-state index in [0.29, 0.717) is 6.04 Å². The van der Waals surface area contributed by atoms with E-state index in [0.717, 1.165) is 18.9 Å². The maximum atomic E-state index is 9.66. The molecule has 2 heteroatoms. The van der Waals surface area contributed by atoms with Crippen molar-refractivity contribution in [3.63, 3.8) is 0 Å². The average Bonchev–Trinajstić information content (AvgIpc) is 2.63. The number of nitrogens with one attached hydrogen (secondary N) is 1. The van der Waals surface area contributed by atoms with Gasteiger partial charge in [0, 0.05) is 6.04 Å². The van der Waals surface area contributed by atoms with Crippen LogP contribution in [-0.4, -0.2) is 23.8 Å². The lowest BCUT2D eigenvalue weighted by atomic mass is 9.89. The highest BCUT2D eigenvalue weighted by Gasteiger charge is 2.25. The van der Waals surface area contributed by atoms with E-state index < -0.39 is 0 Å². The molecule has 14 heavy (non-hydrogen) atoms. The average molecular weight is 197 g/mol. The fourth-order valence-corrected chi connectivity index (χ4v) is 2.89. The summed E-state index contributed by atoms with van der Waals surface area (Å²) in [5, 5.41) is 13.2. The predicted octanol–water partition coefficient (Wildman–Crippen LogP) is 2.07. The summed E-state index contributed by atoms with van der Waals surface area (Å²) in [6.07, 6.45) is 10.4. The van der Waals surface area contributed by atoms with Gasteiger partial charge in [-0.15, -0.1) is 0 Å². The summed E-state index contributed by atoms with van der Waals surface area (Å²) < 4.78 is 0. The maximum Gasteiger partial charge on any atom is 0.0693 e. The number of aliphatic hydroxyl groups excluding tert-OH is 1. The summed E-state index contributed by atoms with van der Waals surface area (Å²) in [4.78, 5) is 0. The molecule has 0 aromatic heterocycles. The van der Waals surface area contributed by atoms with Crippen LogP contribution >= 0.6 is 0 Å². The van der Waals surface area contributed by atoms with Crippen LogP contribution in [0.15, 0.2) is 0 Å². The van der Waals surface area contributed by atoms with E-state index in [9.17, 15) is 5.11 Å². The topological polar surface area (TPSA) is 32.3 Å². The quantitative estimate of drug-likeness (QED) is 0.726. The van der Waals surface area contributed by atoms with E-state index in [-0.39, 0.29) is 6.10 Å². The molecule has 2 saturated carbocycles. The van der Waals surface area contributed by atoms with Gasteiger partial charge in [-0.3, -0.25) is 0 Å². The molecule has 0 saturated heterocycles.